The monoisotopic (exact) mass is 332 g/mol. The summed E-state index contributed by atoms with van der Waals surface area (Å²) >= 11 is 0. The van der Waals surface area contributed by atoms with Crippen LogP contribution in [0.5, 0.6) is 0 Å². The fraction of sp³-hybridized carbons (Fsp3) is 0.786. The van der Waals surface area contributed by atoms with E-state index >= 15 is 0 Å². The lowest BCUT2D eigenvalue weighted by atomic mass is 9.93. The number of urea groups is 1. The van der Waals surface area contributed by atoms with Crippen LogP contribution in [-0.4, -0.2) is 58.9 Å². The number of hydrogen-bond donors (Lipinski definition) is 2. The quantitative estimate of drug-likeness (QED) is 0.731. The Kier molecular flexibility index (Phi) is 6.19. The van der Waals surface area contributed by atoms with Crippen molar-refractivity contribution in [3.05, 3.63) is 0 Å². The first kappa shape index (κ1) is 18.7. The van der Waals surface area contributed by atoms with E-state index in [4.69, 9.17) is 5.73 Å². The molecule has 0 bridgehead atoms. The topological polar surface area (TPSA) is 95.7 Å². The lowest BCUT2D eigenvalue weighted by Crippen LogP contribution is -2.50. The van der Waals surface area contributed by atoms with E-state index in [2.05, 4.69) is 5.32 Å². The molecular weight excluding hydrogens is 308 g/mol. The van der Waals surface area contributed by atoms with Crippen LogP contribution in [-0.2, 0) is 9.59 Å². The van der Waals surface area contributed by atoms with Crippen molar-refractivity contribution in [3.63, 3.8) is 0 Å². The highest BCUT2D eigenvalue weighted by Crippen LogP contribution is 2.25. The van der Waals surface area contributed by atoms with E-state index in [1.54, 1.807) is 4.90 Å². The van der Waals surface area contributed by atoms with Crippen molar-refractivity contribution < 1.29 is 14.4 Å². The van der Waals surface area contributed by atoms with E-state index in [0.29, 0.717) is 25.9 Å². The van der Waals surface area contributed by atoms with Crippen LogP contribution in [0.2, 0.25) is 0 Å². The number of halogens is 1. The Bertz CT molecular complexity index is 453. The molecule has 2 rings (SSSR count). The van der Waals surface area contributed by atoms with Crippen LogP contribution in [0.3, 0.4) is 0 Å². The van der Waals surface area contributed by atoms with Gasteiger partial charge in [-0.3, -0.25) is 14.5 Å². The highest BCUT2D eigenvalue weighted by Gasteiger charge is 2.49. The molecule has 0 aliphatic carbocycles. The second-order valence-electron chi connectivity index (χ2n) is 5.85. The molecule has 0 spiro atoms. The van der Waals surface area contributed by atoms with Gasteiger partial charge in [0, 0.05) is 19.1 Å². The largest absolute Gasteiger partial charge is 0.340 e. The van der Waals surface area contributed by atoms with Gasteiger partial charge < -0.3 is 16.0 Å². The second-order valence-corrected chi connectivity index (χ2v) is 5.85. The number of carbonyl (C=O) groups excluding carboxylic acids is 3. The molecule has 2 heterocycles. The van der Waals surface area contributed by atoms with Gasteiger partial charge in [-0.2, -0.15) is 0 Å². The zero-order valence-electron chi connectivity index (χ0n) is 13.1. The number of carbonyl (C=O) groups is 3. The van der Waals surface area contributed by atoms with Crippen LogP contribution >= 0.6 is 12.4 Å². The van der Waals surface area contributed by atoms with Crippen LogP contribution in [0.15, 0.2) is 0 Å². The van der Waals surface area contributed by atoms with Crippen molar-refractivity contribution in [1.29, 1.82) is 0 Å². The Morgan fingerprint density at radius 2 is 2.00 bits per heavy atom. The Hall–Kier alpha value is -1.34. The summed E-state index contributed by atoms with van der Waals surface area (Å²) in [5, 5.41) is 2.73. The maximum Gasteiger partial charge on any atom is 0.325 e. The van der Waals surface area contributed by atoms with Crippen LogP contribution < -0.4 is 11.1 Å². The fourth-order valence-electron chi connectivity index (χ4n) is 3.02. The molecule has 2 saturated heterocycles. The smallest absolute Gasteiger partial charge is 0.325 e. The van der Waals surface area contributed by atoms with Crippen molar-refractivity contribution in [2.75, 3.05) is 19.6 Å². The summed E-state index contributed by atoms with van der Waals surface area (Å²) in [4.78, 5) is 39.4. The van der Waals surface area contributed by atoms with E-state index in [1.165, 1.54) is 0 Å². The van der Waals surface area contributed by atoms with Crippen molar-refractivity contribution in [3.8, 4) is 0 Å². The van der Waals surface area contributed by atoms with E-state index in [-0.39, 0.29) is 36.8 Å². The molecule has 2 fully saturated rings. The van der Waals surface area contributed by atoms with Crippen LogP contribution in [0.4, 0.5) is 4.79 Å². The zero-order valence-corrected chi connectivity index (χ0v) is 13.9. The Labute approximate surface area is 137 Å². The lowest BCUT2D eigenvalue weighted by Gasteiger charge is -2.31. The van der Waals surface area contributed by atoms with Gasteiger partial charge in [0.15, 0.2) is 0 Å². The minimum atomic E-state index is -0.852. The first-order valence-electron chi connectivity index (χ1n) is 7.61. The highest BCUT2D eigenvalue weighted by molar-refractivity contribution is 6.08. The predicted molar refractivity (Wildman–Crippen MR) is 84.6 cm³/mol. The number of imide groups is 1. The van der Waals surface area contributed by atoms with Crippen LogP contribution in [0.1, 0.15) is 39.5 Å². The van der Waals surface area contributed by atoms with Gasteiger partial charge in [0.05, 0.1) is 0 Å². The van der Waals surface area contributed by atoms with Crippen molar-refractivity contribution in [1.82, 2.24) is 15.1 Å². The van der Waals surface area contributed by atoms with Gasteiger partial charge in [-0.05, 0) is 25.7 Å². The molecule has 126 valence electrons. The predicted octanol–water partition coefficient (Wildman–Crippen LogP) is 0.469. The molecule has 1 unspecified atom stereocenters. The molecule has 8 heteroatoms. The summed E-state index contributed by atoms with van der Waals surface area (Å²) in [7, 11) is 0. The van der Waals surface area contributed by atoms with Gasteiger partial charge in [-0.1, -0.05) is 13.8 Å². The number of nitrogens with one attached hydrogen (secondary N) is 1. The fourth-order valence-corrected chi connectivity index (χ4v) is 3.02. The molecule has 0 radical (unpaired) electrons. The number of nitrogens with zero attached hydrogens (tertiary/aromatic N) is 2. The average molecular weight is 333 g/mol. The van der Waals surface area contributed by atoms with Gasteiger partial charge in [0.2, 0.25) is 5.91 Å². The molecule has 0 saturated carbocycles. The van der Waals surface area contributed by atoms with Crippen molar-refractivity contribution in [2.24, 2.45) is 5.73 Å². The first-order valence-corrected chi connectivity index (χ1v) is 7.61. The molecule has 0 aromatic carbocycles. The number of piperidine rings is 1. The van der Waals surface area contributed by atoms with Gasteiger partial charge in [-0.25, -0.2) is 4.79 Å². The molecule has 3 N–H and O–H groups in total. The molecule has 0 aromatic rings. The summed E-state index contributed by atoms with van der Waals surface area (Å²) in [6.45, 7) is 4.66. The number of amides is 4. The first-order chi connectivity index (χ1) is 9.93. The Morgan fingerprint density at radius 1 is 1.36 bits per heavy atom. The van der Waals surface area contributed by atoms with E-state index in [9.17, 15) is 14.4 Å². The number of likely N-dealkylation sites (tertiary alicyclic amines) is 1. The number of nitrogens with two attached hydrogens (primary N) is 1. The summed E-state index contributed by atoms with van der Waals surface area (Å²) < 4.78 is 0. The second kappa shape index (κ2) is 7.28. The molecule has 22 heavy (non-hydrogen) atoms. The zero-order chi connectivity index (χ0) is 15.6. The van der Waals surface area contributed by atoms with Gasteiger partial charge in [0.1, 0.15) is 12.1 Å². The molecule has 2 aliphatic rings. The third-order valence-electron chi connectivity index (χ3n) is 4.56. The van der Waals surface area contributed by atoms with E-state index in [1.807, 2.05) is 13.8 Å². The maximum absolute atomic E-state index is 12.4. The number of rotatable bonds is 4. The lowest BCUT2D eigenvalue weighted by molar-refractivity contribution is -0.139. The van der Waals surface area contributed by atoms with Gasteiger partial charge in [0.25, 0.3) is 5.91 Å². The summed E-state index contributed by atoms with van der Waals surface area (Å²) in [5.41, 5.74) is 5.01. The molecule has 0 aromatic heterocycles. The normalized spacial score (nSPS) is 24.0. The Balaban J connectivity index is 0.00000242. The Morgan fingerprint density at radius 3 is 2.50 bits per heavy atom. The SMILES string of the molecule is CCC1(CC)NC(=O)N(CC(=O)N2CCCC(N)C2)C1=O.Cl. The van der Waals surface area contributed by atoms with E-state index in [0.717, 1.165) is 17.7 Å². The average Bonchev–Trinajstić information content (AvgIpc) is 2.72. The highest BCUT2D eigenvalue weighted by atomic mass is 35.5. The van der Waals surface area contributed by atoms with Crippen molar-refractivity contribution in [2.45, 2.75) is 51.1 Å². The molecule has 2 aliphatic heterocycles. The molecule has 7 nitrogen and oxygen atoms in total. The van der Waals surface area contributed by atoms with Crippen molar-refractivity contribution >= 4 is 30.3 Å². The minimum Gasteiger partial charge on any atom is -0.340 e. The summed E-state index contributed by atoms with van der Waals surface area (Å²) in [5.74, 6) is -0.510. The third-order valence-corrected chi connectivity index (χ3v) is 4.56. The van der Waals surface area contributed by atoms with Gasteiger partial charge in [-0.15, -0.1) is 12.4 Å². The molecule has 4 amide bonds. The third kappa shape index (κ3) is 3.35. The summed E-state index contributed by atoms with van der Waals surface area (Å²) in [6.07, 6.45) is 2.81. The van der Waals surface area contributed by atoms with E-state index < -0.39 is 11.6 Å². The summed E-state index contributed by atoms with van der Waals surface area (Å²) in [6, 6.07) is -0.491. The molecular formula is C14H25ClN4O3. The van der Waals surface area contributed by atoms with Gasteiger partial charge >= 0.3 is 6.03 Å². The standard InChI is InChI=1S/C14H24N4O3.ClH/c1-3-14(4-2)12(20)18(13(21)16-14)9-11(19)17-7-5-6-10(15)8-17;/h10H,3-9,15H2,1-2H3,(H,16,21);1H. The molecule has 1 atom stereocenters. The van der Waals surface area contributed by atoms with Crippen LogP contribution in [0, 0.1) is 0 Å². The maximum atomic E-state index is 12.4. The van der Waals surface area contributed by atoms with Crippen LogP contribution in [0.25, 0.3) is 0 Å². The number of hydrogen-bond acceptors (Lipinski definition) is 4. The minimum absolute atomic E-state index is 0.